The zero-order chi connectivity index (χ0) is 12.7. The summed E-state index contributed by atoms with van der Waals surface area (Å²) < 4.78 is 1.00. The van der Waals surface area contributed by atoms with Crippen molar-refractivity contribution in [1.82, 2.24) is 9.97 Å². The molecule has 3 N–H and O–H groups in total. The van der Waals surface area contributed by atoms with Crippen molar-refractivity contribution in [3.63, 3.8) is 0 Å². The molecule has 0 spiro atoms. The van der Waals surface area contributed by atoms with Crippen LogP contribution in [0, 0.1) is 0 Å². The molecule has 0 atom stereocenters. The molecule has 18 heavy (non-hydrogen) atoms. The molecule has 5 heteroatoms. The van der Waals surface area contributed by atoms with E-state index in [1.165, 1.54) is 0 Å². The Morgan fingerprint density at radius 3 is 2.83 bits per heavy atom. The minimum atomic E-state index is 0.627. The number of nitrogen functional groups attached to an aromatic ring is 1. The minimum Gasteiger partial charge on any atom is -0.399 e. The van der Waals surface area contributed by atoms with Crippen LogP contribution in [0.1, 0.15) is 0 Å². The zero-order valence-electron chi connectivity index (χ0n) is 9.24. The molecule has 0 aliphatic rings. The van der Waals surface area contributed by atoms with Crippen molar-refractivity contribution in [2.75, 3.05) is 5.73 Å². The molecule has 0 radical (unpaired) electrons. The van der Waals surface area contributed by atoms with Crippen molar-refractivity contribution in [3.05, 3.63) is 45.9 Å². The molecule has 3 nitrogen and oxygen atoms in total. The summed E-state index contributed by atoms with van der Waals surface area (Å²) in [6.45, 7) is 0. The third-order valence-corrected chi connectivity index (χ3v) is 3.51. The van der Waals surface area contributed by atoms with Crippen molar-refractivity contribution in [3.8, 4) is 11.4 Å². The van der Waals surface area contributed by atoms with E-state index in [0.29, 0.717) is 10.7 Å². The molecule has 1 aromatic heterocycles. The Morgan fingerprint density at radius 2 is 2.00 bits per heavy atom. The number of benzene rings is 2. The largest absolute Gasteiger partial charge is 0.399 e. The van der Waals surface area contributed by atoms with Crippen LogP contribution in [0.15, 0.2) is 40.9 Å². The van der Waals surface area contributed by atoms with E-state index in [1.807, 2.05) is 24.3 Å². The Morgan fingerprint density at radius 1 is 1.17 bits per heavy atom. The van der Waals surface area contributed by atoms with Gasteiger partial charge in [-0.3, -0.25) is 0 Å². The van der Waals surface area contributed by atoms with E-state index in [0.717, 1.165) is 26.9 Å². The molecule has 0 saturated heterocycles. The number of nitrogens with zero attached hydrogens (tertiary/aromatic N) is 1. The Kier molecular flexibility index (Phi) is 2.76. The average molecular weight is 323 g/mol. The summed E-state index contributed by atoms with van der Waals surface area (Å²) in [6, 6.07) is 11.2. The number of halogens is 2. The van der Waals surface area contributed by atoms with Crippen molar-refractivity contribution < 1.29 is 0 Å². The van der Waals surface area contributed by atoms with E-state index in [4.69, 9.17) is 17.3 Å². The fraction of sp³-hybridized carbons (Fsp3) is 0. The van der Waals surface area contributed by atoms with Gasteiger partial charge in [0.15, 0.2) is 0 Å². The molecule has 0 bridgehead atoms. The molecule has 0 aliphatic heterocycles. The van der Waals surface area contributed by atoms with Crippen LogP contribution < -0.4 is 5.73 Å². The quantitative estimate of drug-likeness (QED) is 0.659. The lowest BCUT2D eigenvalue weighted by molar-refractivity contribution is 1.34. The molecular formula is C13H9BrClN3. The summed E-state index contributed by atoms with van der Waals surface area (Å²) in [7, 11) is 0. The van der Waals surface area contributed by atoms with Crippen LogP contribution in [0.5, 0.6) is 0 Å². The van der Waals surface area contributed by atoms with Crippen LogP contribution >= 0.6 is 27.5 Å². The number of imidazole rings is 1. The third-order valence-electron chi connectivity index (χ3n) is 2.69. The Bertz CT molecular complexity index is 736. The first-order chi connectivity index (χ1) is 8.63. The maximum Gasteiger partial charge on any atom is 0.140 e. The van der Waals surface area contributed by atoms with Gasteiger partial charge in [0.05, 0.1) is 16.1 Å². The lowest BCUT2D eigenvalue weighted by Crippen LogP contribution is -1.87. The van der Waals surface area contributed by atoms with E-state index in [-0.39, 0.29) is 0 Å². The van der Waals surface area contributed by atoms with Gasteiger partial charge in [-0.15, -0.1) is 0 Å². The molecule has 0 unspecified atom stereocenters. The second-order valence-corrected chi connectivity index (χ2v) is 5.31. The molecule has 0 aliphatic carbocycles. The van der Waals surface area contributed by atoms with Gasteiger partial charge in [0.1, 0.15) is 5.82 Å². The number of nitrogens with two attached hydrogens (primary N) is 1. The van der Waals surface area contributed by atoms with Gasteiger partial charge in [0.25, 0.3) is 0 Å². The van der Waals surface area contributed by atoms with Crippen LogP contribution in [0.25, 0.3) is 22.4 Å². The number of nitrogens with one attached hydrogen (secondary N) is 1. The molecule has 0 saturated carbocycles. The highest BCUT2D eigenvalue weighted by Gasteiger charge is 2.09. The van der Waals surface area contributed by atoms with Crippen LogP contribution in [-0.2, 0) is 0 Å². The van der Waals surface area contributed by atoms with Crippen LogP contribution in [0.3, 0.4) is 0 Å². The van der Waals surface area contributed by atoms with Gasteiger partial charge >= 0.3 is 0 Å². The van der Waals surface area contributed by atoms with Gasteiger partial charge in [0, 0.05) is 15.7 Å². The molecule has 3 rings (SSSR count). The summed E-state index contributed by atoms with van der Waals surface area (Å²) in [6.07, 6.45) is 0. The lowest BCUT2D eigenvalue weighted by Gasteiger charge is -2.01. The van der Waals surface area contributed by atoms with E-state index in [9.17, 15) is 0 Å². The van der Waals surface area contributed by atoms with Gasteiger partial charge in [-0.1, -0.05) is 27.5 Å². The third kappa shape index (κ3) is 1.98. The van der Waals surface area contributed by atoms with Gasteiger partial charge in [-0.25, -0.2) is 4.98 Å². The number of rotatable bonds is 1. The monoisotopic (exact) mass is 321 g/mol. The van der Waals surface area contributed by atoms with Crippen LogP contribution in [0.2, 0.25) is 5.02 Å². The number of hydrogen-bond donors (Lipinski definition) is 2. The Balaban J connectivity index is 2.22. The topological polar surface area (TPSA) is 54.7 Å². The number of aromatic amines is 1. The second-order valence-electron chi connectivity index (χ2n) is 3.99. The summed E-state index contributed by atoms with van der Waals surface area (Å²) >= 11 is 9.59. The van der Waals surface area contributed by atoms with Crippen LogP contribution in [0.4, 0.5) is 5.69 Å². The van der Waals surface area contributed by atoms with Crippen molar-refractivity contribution >= 4 is 44.3 Å². The van der Waals surface area contributed by atoms with Crippen molar-refractivity contribution in [2.45, 2.75) is 0 Å². The number of anilines is 1. The van der Waals surface area contributed by atoms with Crippen molar-refractivity contribution in [1.29, 1.82) is 0 Å². The predicted molar refractivity (Wildman–Crippen MR) is 78.7 cm³/mol. The molecule has 3 aromatic rings. The fourth-order valence-electron chi connectivity index (χ4n) is 1.83. The smallest absolute Gasteiger partial charge is 0.140 e. The average Bonchev–Trinajstić information content (AvgIpc) is 2.74. The Hall–Kier alpha value is -1.52. The van der Waals surface area contributed by atoms with Crippen LogP contribution in [-0.4, -0.2) is 9.97 Å². The SMILES string of the molecule is Nc1ccc(Cl)c(-c2nc3ccc(Br)cc3[nH]2)c1. The minimum absolute atomic E-state index is 0.627. The van der Waals surface area contributed by atoms with E-state index in [2.05, 4.69) is 25.9 Å². The molecule has 90 valence electrons. The maximum atomic E-state index is 6.16. The lowest BCUT2D eigenvalue weighted by atomic mass is 10.2. The predicted octanol–water partition coefficient (Wildman–Crippen LogP) is 4.23. The maximum absolute atomic E-state index is 6.16. The summed E-state index contributed by atoms with van der Waals surface area (Å²) in [5.41, 5.74) is 9.10. The number of fused-ring (bicyclic) bond motifs is 1. The standard InChI is InChI=1S/C13H9BrClN3/c14-7-1-4-11-12(5-7)18-13(17-11)9-6-8(16)2-3-10(9)15/h1-6H,16H2,(H,17,18). The summed E-state index contributed by atoms with van der Waals surface area (Å²) in [5.74, 6) is 0.723. The van der Waals surface area contributed by atoms with Gasteiger partial charge < -0.3 is 10.7 Å². The van der Waals surface area contributed by atoms with E-state index in [1.54, 1.807) is 12.1 Å². The van der Waals surface area contributed by atoms with E-state index >= 15 is 0 Å². The molecule has 0 fully saturated rings. The van der Waals surface area contributed by atoms with E-state index < -0.39 is 0 Å². The van der Waals surface area contributed by atoms with Crippen molar-refractivity contribution in [2.24, 2.45) is 0 Å². The van der Waals surface area contributed by atoms with Gasteiger partial charge in [-0.05, 0) is 36.4 Å². The normalized spacial score (nSPS) is 11.0. The Labute approximate surface area is 117 Å². The highest BCUT2D eigenvalue weighted by atomic mass is 79.9. The first-order valence-corrected chi connectivity index (χ1v) is 6.51. The number of hydrogen-bond acceptors (Lipinski definition) is 2. The van der Waals surface area contributed by atoms with Gasteiger partial charge in [0.2, 0.25) is 0 Å². The molecule has 0 amide bonds. The molecule has 2 aromatic carbocycles. The summed E-state index contributed by atoms with van der Waals surface area (Å²) in [4.78, 5) is 7.75. The van der Waals surface area contributed by atoms with Gasteiger partial charge in [-0.2, -0.15) is 0 Å². The highest BCUT2D eigenvalue weighted by Crippen LogP contribution is 2.29. The highest BCUT2D eigenvalue weighted by molar-refractivity contribution is 9.10. The summed E-state index contributed by atoms with van der Waals surface area (Å²) in [5, 5.41) is 0.627. The molecule has 1 heterocycles. The first-order valence-electron chi connectivity index (χ1n) is 5.34. The molecular weight excluding hydrogens is 314 g/mol. The number of H-pyrrole nitrogens is 1. The first kappa shape index (κ1) is 11.6. The second kappa shape index (κ2) is 4.30. The fourth-order valence-corrected chi connectivity index (χ4v) is 2.40. The zero-order valence-corrected chi connectivity index (χ0v) is 11.6. The number of aromatic nitrogens is 2.